The third-order valence-electron chi connectivity index (χ3n) is 5.83. The van der Waals surface area contributed by atoms with Crippen LogP contribution in [0.25, 0.3) is 0 Å². The molecular formula is C24H37N5O7. The van der Waals surface area contributed by atoms with Gasteiger partial charge < -0.3 is 37.6 Å². The number of amides is 4. The highest BCUT2D eigenvalue weighted by atomic mass is 16.4. The summed E-state index contributed by atoms with van der Waals surface area (Å²) >= 11 is 0. The lowest BCUT2D eigenvalue weighted by molar-refractivity contribution is -0.143. The van der Waals surface area contributed by atoms with Gasteiger partial charge in [0.25, 0.3) is 0 Å². The van der Waals surface area contributed by atoms with Crippen molar-refractivity contribution in [3.8, 4) is 0 Å². The predicted octanol–water partition coefficient (Wildman–Crippen LogP) is -1.21. The van der Waals surface area contributed by atoms with Gasteiger partial charge in [0, 0.05) is 12.8 Å². The molecule has 0 saturated heterocycles. The Bertz CT molecular complexity index is 909. The highest BCUT2D eigenvalue weighted by Gasteiger charge is 2.33. The SMILES string of the molecule is CCC(C)C(N)C(=O)NC(Cc1ccccc1)C(=O)NC(C(=O)NC(CCC(N)=O)C(=O)O)C(C)O. The minimum Gasteiger partial charge on any atom is -0.480 e. The van der Waals surface area contributed by atoms with E-state index in [-0.39, 0.29) is 25.2 Å². The number of carboxylic acid groups (broad SMARTS) is 1. The van der Waals surface area contributed by atoms with Crippen molar-refractivity contribution in [2.45, 2.75) is 76.7 Å². The van der Waals surface area contributed by atoms with Crippen LogP contribution in [0.4, 0.5) is 0 Å². The molecule has 0 saturated carbocycles. The molecule has 0 spiro atoms. The molecule has 1 rings (SSSR count). The monoisotopic (exact) mass is 507 g/mol. The van der Waals surface area contributed by atoms with Crippen LogP contribution < -0.4 is 27.4 Å². The fraction of sp³-hybridized carbons (Fsp3) is 0.542. The van der Waals surface area contributed by atoms with Gasteiger partial charge in [-0.15, -0.1) is 0 Å². The molecule has 0 bridgehead atoms. The lowest BCUT2D eigenvalue weighted by Gasteiger charge is -2.27. The Balaban J connectivity index is 3.07. The number of rotatable bonds is 15. The van der Waals surface area contributed by atoms with Crippen LogP contribution in [0, 0.1) is 5.92 Å². The Labute approximate surface area is 210 Å². The molecule has 0 aromatic heterocycles. The number of aliphatic carboxylic acids is 1. The Morgan fingerprint density at radius 2 is 1.50 bits per heavy atom. The minimum absolute atomic E-state index is 0.0795. The number of carboxylic acids is 1. The van der Waals surface area contributed by atoms with Gasteiger partial charge in [-0.05, 0) is 24.8 Å². The van der Waals surface area contributed by atoms with Crippen LogP contribution in [0.5, 0.6) is 0 Å². The van der Waals surface area contributed by atoms with Gasteiger partial charge in [-0.3, -0.25) is 19.2 Å². The van der Waals surface area contributed by atoms with Crippen LogP contribution in [-0.2, 0) is 30.4 Å². The molecule has 1 aromatic rings. The molecule has 36 heavy (non-hydrogen) atoms. The topological polar surface area (TPSA) is 214 Å². The molecule has 0 aliphatic heterocycles. The Hall–Kier alpha value is -3.51. The number of hydrogen-bond acceptors (Lipinski definition) is 7. The summed E-state index contributed by atoms with van der Waals surface area (Å²) in [7, 11) is 0. The van der Waals surface area contributed by atoms with E-state index in [2.05, 4.69) is 16.0 Å². The van der Waals surface area contributed by atoms with Gasteiger partial charge in [0.05, 0.1) is 12.1 Å². The molecule has 9 N–H and O–H groups in total. The second kappa shape index (κ2) is 14.8. The Kier molecular flexibility index (Phi) is 12.5. The number of aliphatic hydroxyl groups is 1. The van der Waals surface area contributed by atoms with Gasteiger partial charge in [0.2, 0.25) is 23.6 Å². The van der Waals surface area contributed by atoms with Crippen molar-refractivity contribution >= 4 is 29.6 Å². The van der Waals surface area contributed by atoms with Crippen molar-refractivity contribution in [2.24, 2.45) is 17.4 Å². The summed E-state index contributed by atoms with van der Waals surface area (Å²) in [6.07, 6.45) is -1.23. The number of nitrogens with one attached hydrogen (secondary N) is 3. The zero-order valence-electron chi connectivity index (χ0n) is 20.8. The highest BCUT2D eigenvalue weighted by Crippen LogP contribution is 2.09. The maximum Gasteiger partial charge on any atom is 0.326 e. The molecule has 0 aliphatic carbocycles. The molecule has 200 valence electrons. The maximum absolute atomic E-state index is 13.2. The number of hydrogen-bond donors (Lipinski definition) is 7. The smallest absolute Gasteiger partial charge is 0.326 e. The number of carbonyl (C=O) groups excluding carboxylic acids is 4. The first-order valence-electron chi connectivity index (χ1n) is 11.8. The predicted molar refractivity (Wildman–Crippen MR) is 131 cm³/mol. The summed E-state index contributed by atoms with van der Waals surface area (Å²) in [5, 5.41) is 26.7. The summed E-state index contributed by atoms with van der Waals surface area (Å²) in [6.45, 7) is 4.93. The van der Waals surface area contributed by atoms with Crippen LogP contribution in [0.1, 0.15) is 45.6 Å². The summed E-state index contributed by atoms with van der Waals surface area (Å²) in [5.41, 5.74) is 11.8. The van der Waals surface area contributed by atoms with E-state index < -0.39 is 59.9 Å². The number of carbonyl (C=O) groups is 5. The van der Waals surface area contributed by atoms with Crippen molar-refractivity contribution in [1.29, 1.82) is 0 Å². The lowest BCUT2D eigenvalue weighted by atomic mass is 9.98. The van der Waals surface area contributed by atoms with Crippen LogP contribution in [0.3, 0.4) is 0 Å². The molecule has 12 heteroatoms. The molecular weight excluding hydrogens is 470 g/mol. The summed E-state index contributed by atoms with van der Waals surface area (Å²) in [4.78, 5) is 61.1. The van der Waals surface area contributed by atoms with Gasteiger partial charge >= 0.3 is 5.97 Å². The van der Waals surface area contributed by atoms with E-state index in [4.69, 9.17) is 11.5 Å². The van der Waals surface area contributed by atoms with E-state index >= 15 is 0 Å². The van der Waals surface area contributed by atoms with Crippen molar-refractivity contribution in [3.05, 3.63) is 35.9 Å². The maximum atomic E-state index is 13.2. The second-order valence-corrected chi connectivity index (χ2v) is 8.79. The highest BCUT2D eigenvalue weighted by molar-refractivity contribution is 5.94. The number of aliphatic hydroxyl groups excluding tert-OH is 1. The van der Waals surface area contributed by atoms with Crippen LogP contribution >= 0.6 is 0 Å². The molecule has 6 unspecified atom stereocenters. The number of nitrogens with two attached hydrogens (primary N) is 2. The average molecular weight is 508 g/mol. The van der Waals surface area contributed by atoms with E-state index in [1.165, 1.54) is 6.92 Å². The summed E-state index contributed by atoms with van der Waals surface area (Å²) < 4.78 is 0. The van der Waals surface area contributed by atoms with Gasteiger partial charge in [-0.25, -0.2) is 4.79 Å². The molecule has 0 fully saturated rings. The normalized spacial score (nSPS) is 15.9. The van der Waals surface area contributed by atoms with Gasteiger partial charge in [0.1, 0.15) is 18.1 Å². The third kappa shape index (κ3) is 10.0. The second-order valence-electron chi connectivity index (χ2n) is 8.79. The molecule has 4 amide bonds. The van der Waals surface area contributed by atoms with Crippen molar-refractivity contribution < 1.29 is 34.2 Å². The van der Waals surface area contributed by atoms with E-state index in [0.717, 1.165) is 5.56 Å². The third-order valence-corrected chi connectivity index (χ3v) is 5.83. The first-order valence-corrected chi connectivity index (χ1v) is 11.8. The fourth-order valence-corrected chi connectivity index (χ4v) is 3.30. The first-order chi connectivity index (χ1) is 16.9. The Morgan fingerprint density at radius 3 is 2.00 bits per heavy atom. The van der Waals surface area contributed by atoms with Gasteiger partial charge in [-0.1, -0.05) is 50.6 Å². The lowest BCUT2D eigenvalue weighted by Crippen LogP contribution is -2.60. The number of benzene rings is 1. The van der Waals surface area contributed by atoms with Gasteiger partial charge in [0.15, 0.2) is 0 Å². The Morgan fingerprint density at radius 1 is 0.917 bits per heavy atom. The van der Waals surface area contributed by atoms with E-state index in [9.17, 15) is 34.2 Å². The minimum atomic E-state index is -1.54. The van der Waals surface area contributed by atoms with E-state index in [1.54, 1.807) is 37.3 Å². The van der Waals surface area contributed by atoms with Crippen LogP contribution in [0.15, 0.2) is 30.3 Å². The average Bonchev–Trinajstić information content (AvgIpc) is 2.83. The zero-order valence-corrected chi connectivity index (χ0v) is 20.8. The standard InChI is InChI=1S/C24H37N5O7/c1-4-13(2)19(26)22(33)28-17(12-15-8-6-5-7-9-15)21(32)29-20(14(3)30)23(34)27-16(24(35)36)10-11-18(25)31/h5-9,13-14,16-17,19-20,30H,4,10-12,26H2,1-3H3,(H2,25,31)(H,27,34)(H,28,33)(H,29,32)(H,35,36). The number of primary amides is 1. The summed E-state index contributed by atoms with van der Waals surface area (Å²) in [5.74, 6) is -4.59. The van der Waals surface area contributed by atoms with Crippen LogP contribution in [0.2, 0.25) is 0 Å². The summed E-state index contributed by atoms with van der Waals surface area (Å²) in [6, 6.07) is 3.85. The molecule has 0 radical (unpaired) electrons. The largest absolute Gasteiger partial charge is 0.480 e. The zero-order chi connectivity index (χ0) is 27.4. The van der Waals surface area contributed by atoms with E-state index in [0.29, 0.717) is 6.42 Å². The first kappa shape index (κ1) is 30.5. The van der Waals surface area contributed by atoms with E-state index in [1.807, 2.05) is 6.92 Å². The molecule has 1 aromatic carbocycles. The van der Waals surface area contributed by atoms with Gasteiger partial charge in [-0.2, -0.15) is 0 Å². The molecule has 12 nitrogen and oxygen atoms in total. The molecule has 6 atom stereocenters. The van der Waals surface area contributed by atoms with Crippen LogP contribution in [-0.4, -0.2) is 70.1 Å². The molecule has 0 heterocycles. The van der Waals surface area contributed by atoms with Crippen molar-refractivity contribution in [2.75, 3.05) is 0 Å². The molecule has 0 aliphatic rings. The quantitative estimate of drug-likeness (QED) is 0.152. The fourth-order valence-electron chi connectivity index (χ4n) is 3.30. The van der Waals surface area contributed by atoms with Crippen molar-refractivity contribution in [3.63, 3.8) is 0 Å². The van der Waals surface area contributed by atoms with Crippen molar-refractivity contribution in [1.82, 2.24) is 16.0 Å².